The highest BCUT2D eigenvalue weighted by Crippen LogP contribution is 2.07. The molecule has 0 aliphatic carbocycles. The molecular formula is C52H96N8O19. The Bertz CT molecular complexity index is 1640. The van der Waals surface area contributed by atoms with Crippen LogP contribution in [0, 0.1) is 0 Å². The highest BCUT2D eigenvalue weighted by molar-refractivity contribution is 5.91. The zero-order valence-electron chi connectivity index (χ0n) is 47.1. The van der Waals surface area contributed by atoms with Crippen molar-refractivity contribution in [2.24, 2.45) is 5.73 Å². The number of aromatic amines is 1. The number of amides is 5. The van der Waals surface area contributed by atoms with Gasteiger partial charge in [-0.05, 0) is 51.4 Å². The van der Waals surface area contributed by atoms with E-state index in [9.17, 15) is 33.9 Å². The number of rotatable bonds is 60. The van der Waals surface area contributed by atoms with E-state index in [4.69, 9.17) is 62.6 Å². The maximum atomic E-state index is 13.6. The van der Waals surface area contributed by atoms with Crippen LogP contribution >= 0.6 is 0 Å². The molecule has 1 aromatic rings. The van der Waals surface area contributed by atoms with Gasteiger partial charge in [0.05, 0.1) is 158 Å². The fraction of sp³-hybridized carbons (Fsp3) is 0.827. The van der Waals surface area contributed by atoms with Gasteiger partial charge >= 0.3 is 5.97 Å². The molecular weight excluding hydrogens is 1040 g/mol. The van der Waals surface area contributed by atoms with E-state index in [0.29, 0.717) is 157 Å². The van der Waals surface area contributed by atoms with Crippen LogP contribution in [0.25, 0.3) is 0 Å². The number of unbranched alkanes of at least 4 members (excludes halogenated alkanes) is 2. The molecule has 3 atom stereocenters. The van der Waals surface area contributed by atoms with Crippen LogP contribution in [-0.2, 0) is 92.0 Å². The molecule has 458 valence electrons. The van der Waals surface area contributed by atoms with E-state index in [1.54, 1.807) is 0 Å². The van der Waals surface area contributed by atoms with Gasteiger partial charge in [0.25, 0.3) is 0 Å². The van der Waals surface area contributed by atoms with E-state index in [1.165, 1.54) is 12.5 Å². The quantitative estimate of drug-likeness (QED) is 0.0392. The summed E-state index contributed by atoms with van der Waals surface area (Å²) in [7, 11) is 0. The first-order valence-corrected chi connectivity index (χ1v) is 27.9. The third-order valence-electron chi connectivity index (χ3n) is 10.9. The van der Waals surface area contributed by atoms with Gasteiger partial charge in [-0.3, -0.25) is 34.1 Å². The first kappa shape index (κ1) is 72.5. The third-order valence-corrected chi connectivity index (χ3v) is 10.9. The number of aliphatic carboxylic acids is 1. The summed E-state index contributed by atoms with van der Waals surface area (Å²) >= 11 is 0. The molecule has 1 rings (SSSR count). The van der Waals surface area contributed by atoms with Gasteiger partial charge in [-0.25, -0.2) is 4.98 Å². The van der Waals surface area contributed by atoms with E-state index in [1.807, 2.05) is 0 Å². The molecule has 0 aliphatic rings. The highest BCUT2D eigenvalue weighted by Gasteiger charge is 2.26. The number of carboxylic acids is 1. The van der Waals surface area contributed by atoms with Crippen LogP contribution in [0.15, 0.2) is 12.5 Å². The first-order chi connectivity index (χ1) is 38.6. The fourth-order valence-electron chi connectivity index (χ4n) is 6.75. The number of hydrogen-bond acceptors (Lipinski definition) is 20. The lowest BCUT2D eigenvalue weighted by Gasteiger charge is -2.22. The summed E-state index contributed by atoms with van der Waals surface area (Å²) < 4.78 is 65.6. The van der Waals surface area contributed by atoms with Crippen molar-refractivity contribution < 1.29 is 90.7 Å². The van der Waals surface area contributed by atoms with Crippen molar-refractivity contribution in [1.29, 1.82) is 0 Å². The number of carbonyl (C=O) groups excluding carboxylic acids is 5. The average molecular weight is 1140 g/mol. The summed E-state index contributed by atoms with van der Waals surface area (Å²) in [4.78, 5) is 82.3. The normalized spacial score (nSPS) is 12.5. The Hall–Kier alpha value is -4.49. The second-order valence-electron chi connectivity index (χ2n) is 17.7. The van der Waals surface area contributed by atoms with Crippen LogP contribution in [0.5, 0.6) is 0 Å². The molecule has 1 aromatic heterocycles. The number of imidazole rings is 1. The van der Waals surface area contributed by atoms with Crippen LogP contribution < -0.4 is 32.3 Å². The van der Waals surface area contributed by atoms with E-state index in [0.717, 1.165) is 26.1 Å². The number of carboxylic acid groups (broad SMARTS) is 1. The van der Waals surface area contributed by atoms with Crippen molar-refractivity contribution in [2.45, 2.75) is 103 Å². The van der Waals surface area contributed by atoms with Crippen molar-refractivity contribution in [1.82, 2.24) is 36.6 Å². The molecule has 5 amide bonds. The van der Waals surface area contributed by atoms with Gasteiger partial charge in [-0.1, -0.05) is 13.8 Å². The molecule has 2 unspecified atom stereocenters. The number of primary amides is 1. The molecule has 0 aromatic carbocycles. The Morgan fingerprint density at radius 1 is 0.494 bits per heavy atom. The summed E-state index contributed by atoms with van der Waals surface area (Å²) in [5, 5.41) is 23.2. The van der Waals surface area contributed by atoms with Crippen molar-refractivity contribution in [3.63, 3.8) is 0 Å². The Labute approximate surface area is 466 Å². The van der Waals surface area contributed by atoms with Crippen molar-refractivity contribution in [2.75, 3.05) is 178 Å². The maximum absolute atomic E-state index is 13.6. The van der Waals surface area contributed by atoms with E-state index in [-0.39, 0.29) is 77.5 Å². The lowest BCUT2D eigenvalue weighted by atomic mass is 10.1. The SMILES string of the molecule is CCCOCCOCCOCCOCCOCCOCCC(=O)NCCCC[C@@H](NC(=O)CCOCCOCCOCCOCCOCCOCCC)C(=O)NC(CCCCNC(=O)CNC(Cc1cnc[nH]1)C(=O)O)C(N)=O. The average Bonchev–Trinajstić information content (AvgIpc) is 3.96. The van der Waals surface area contributed by atoms with E-state index < -0.39 is 47.7 Å². The number of nitrogens with one attached hydrogen (secondary N) is 6. The second kappa shape index (κ2) is 54.1. The largest absolute Gasteiger partial charge is 0.480 e. The van der Waals surface area contributed by atoms with Gasteiger partial charge in [-0.2, -0.15) is 0 Å². The molecule has 9 N–H and O–H groups in total. The summed E-state index contributed by atoms with van der Waals surface area (Å²) in [5.41, 5.74) is 6.27. The predicted octanol–water partition coefficient (Wildman–Crippen LogP) is -0.178. The Morgan fingerprint density at radius 2 is 0.873 bits per heavy atom. The Balaban J connectivity index is 2.41. The number of ether oxygens (including phenoxy) is 12. The zero-order valence-corrected chi connectivity index (χ0v) is 47.1. The zero-order chi connectivity index (χ0) is 57.5. The van der Waals surface area contributed by atoms with Crippen LogP contribution in [0.1, 0.15) is 83.7 Å². The summed E-state index contributed by atoms with van der Waals surface area (Å²) in [5.74, 6) is -3.57. The smallest absolute Gasteiger partial charge is 0.321 e. The molecule has 27 nitrogen and oxygen atoms in total. The molecule has 0 spiro atoms. The summed E-state index contributed by atoms with van der Waals surface area (Å²) in [6.45, 7) is 14.8. The fourth-order valence-corrected chi connectivity index (χ4v) is 6.75. The molecule has 0 saturated carbocycles. The highest BCUT2D eigenvalue weighted by atomic mass is 16.6. The Kier molecular flexibility index (Phi) is 49.7. The van der Waals surface area contributed by atoms with Gasteiger partial charge in [0.1, 0.15) is 18.1 Å². The van der Waals surface area contributed by atoms with Crippen molar-refractivity contribution >= 4 is 35.5 Å². The van der Waals surface area contributed by atoms with Crippen LogP contribution in [0.3, 0.4) is 0 Å². The molecule has 0 saturated heterocycles. The molecule has 27 heteroatoms. The molecule has 0 bridgehead atoms. The minimum Gasteiger partial charge on any atom is -0.480 e. The Morgan fingerprint density at radius 3 is 1.25 bits per heavy atom. The lowest BCUT2D eigenvalue weighted by Crippen LogP contribution is -2.53. The van der Waals surface area contributed by atoms with Gasteiger partial charge in [0.2, 0.25) is 29.5 Å². The van der Waals surface area contributed by atoms with Gasteiger partial charge < -0.3 is 93.9 Å². The van der Waals surface area contributed by atoms with Gasteiger partial charge in [-0.15, -0.1) is 0 Å². The molecule has 0 fully saturated rings. The molecule has 1 heterocycles. The molecule has 0 radical (unpaired) electrons. The number of aromatic nitrogens is 2. The second-order valence-corrected chi connectivity index (χ2v) is 17.7. The summed E-state index contributed by atoms with van der Waals surface area (Å²) in [6, 6.07) is -3.09. The number of carbonyl (C=O) groups is 6. The first-order valence-electron chi connectivity index (χ1n) is 27.9. The van der Waals surface area contributed by atoms with Gasteiger partial charge in [0.15, 0.2) is 0 Å². The van der Waals surface area contributed by atoms with E-state index in [2.05, 4.69) is 50.4 Å². The number of hydrogen-bond donors (Lipinski definition) is 8. The van der Waals surface area contributed by atoms with E-state index >= 15 is 0 Å². The van der Waals surface area contributed by atoms with Crippen LogP contribution in [0.2, 0.25) is 0 Å². The molecule has 79 heavy (non-hydrogen) atoms. The van der Waals surface area contributed by atoms with Crippen molar-refractivity contribution in [3.8, 4) is 0 Å². The minimum atomic E-state index is -1.12. The third kappa shape index (κ3) is 46.9. The lowest BCUT2D eigenvalue weighted by molar-refractivity contribution is -0.139. The molecule has 0 aliphatic heterocycles. The maximum Gasteiger partial charge on any atom is 0.321 e. The van der Waals surface area contributed by atoms with Crippen molar-refractivity contribution in [3.05, 3.63) is 18.2 Å². The summed E-state index contributed by atoms with van der Waals surface area (Å²) in [6.07, 6.45) is 7.22. The number of H-pyrrole nitrogens is 1. The van der Waals surface area contributed by atoms with Crippen LogP contribution in [-0.4, -0.2) is 247 Å². The number of nitrogens with two attached hydrogens (primary N) is 1. The monoisotopic (exact) mass is 1140 g/mol. The van der Waals surface area contributed by atoms with Crippen LogP contribution in [0.4, 0.5) is 0 Å². The standard InChI is InChI=1S/C52H96N8O19/c1-3-15-68-19-23-72-27-31-76-35-37-78-33-29-74-25-21-70-17-11-47(61)55-13-8-6-10-45(59-48(62)12-18-71-22-26-75-30-34-79-38-36-77-32-28-73-24-20-69-16-4-2)51(65)60-44(50(53)64)9-5-7-14-56-49(63)41-57-46(52(66)67)39-43-40-54-42-58-43/h40,42,44-46,57H,3-39,41H2,1-2H3,(H2,53,64)(H,54,58)(H,55,61)(H,56,63)(H,59,62)(H,60,65)(H,66,67)/t44?,45-,46?/m1/s1. The van der Waals surface area contributed by atoms with Gasteiger partial charge in [0, 0.05) is 57.5 Å². The number of nitrogens with zero attached hydrogens (tertiary/aromatic N) is 1. The topological polar surface area (TPSA) is 348 Å². The minimum absolute atomic E-state index is 0.0472. The predicted molar refractivity (Wildman–Crippen MR) is 288 cm³/mol.